The van der Waals surface area contributed by atoms with Crippen molar-refractivity contribution in [3.63, 3.8) is 0 Å². The summed E-state index contributed by atoms with van der Waals surface area (Å²) in [7, 11) is 0. The molecule has 166 valence electrons. The Morgan fingerprint density at radius 1 is 1.29 bits per heavy atom. The number of aromatic nitrogens is 2. The molecule has 0 radical (unpaired) electrons. The third-order valence-electron chi connectivity index (χ3n) is 5.86. The summed E-state index contributed by atoms with van der Waals surface area (Å²) in [6.45, 7) is 12.9. The van der Waals surface area contributed by atoms with Gasteiger partial charge >= 0.3 is 0 Å². The van der Waals surface area contributed by atoms with Gasteiger partial charge in [0.1, 0.15) is 11.2 Å². The highest BCUT2D eigenvalue weighted by Crippen LogP contribution is 2.37. The van der Waals surface area contributed by atoms with E-state index in [9.17, 15) is 4.79 Å². The largest absolute Gasteiger partial charge is 0.469 e. The molecule has 0 unspecified atom stereocenters. The Labute approximate surface area is 183 Å². The van der Waals surface area contributed by atoms with Gasteiger partial charge in [-0.05, 0) is 52.3 Å². The first-order valence-corrected chi connectivity index (χ1v) is 10.8. The molecular weight excluding hydrogens is 394 g/mol. The third-order valence-corrected chi connectivity index (χ3v) is 5.86. The van der Waals surface area contributed by atoms with Gasteiger partial charge in [0.2, 0.25) is 11.8 Å². The van der Waals surface area contributed by atoms with Crippen LogP contribution in [0.25, 0.3) is 11.3 Å². The zero-order valence-electron chi connectivity index (χ0n) is 18.9. The lowest BCUT2D eigenvalue weighted by Gasteiger charge is -2.34. The van der Waals surface area contributed by atoms with Crippen LogP contribution in [0.1, 0.15) is 43.6 Å². The van der Waals surface area contributed by atoms with E-state index in [2.05, 4.69) is 11.8 Å². The summed E-state index contributed by atoms with van der Waals surface area (Å²) in [4.78, 5) is 27.1. The van der Waals surface area contributed by atoms with Crippen LogP contribution in [0, 0.1) is 6.92 Å². The minimum Gasteiger partial charge on any atom is -0.469 e. The number of likely N-dealkylation sites (N-methyl/N-ethyl adjacent to an activating group) is 1. The van der Waals surface area contributed by atoms with Crippen LogP contribution in [0.15, 0.2) is 18.2 Å². The number of hydrogen-bond acceptors (Lipinski definition) is 7. The maximum atomic E-state index is 13.6. The molecule has 1 fully saturated rings. The number of hydrogen-bond donors (Lipinski definition) is 1. The predicted octanol–water partition coefficient (Wildman–Crippen LogP) is 2.89. The van der Waals surface area contributed by atoms with Crippen LogP contribution in [0.5, 0.6) is 5.88 Å². The first kappa shape index (κ1) is 21.4. The van der Waals surface area contributed by atoms with E-state index in [1.54, 1.807) is 4.90 Å². The molecule has 8 nitrogen and oxygen atoms in total. The average Bonchev–Trinajstić information content (AvgIpc) is 2.82. The standard InChI is InChI=1S/C23H31N5O3/c1-6-27-13-23(4,5)31-20-18(21(27)29)19(16-7-8-17(24)14(2)11-16)25-22(26-20)28-9-10-30-12-15(28)3/h7-8,11,15H,6,9-10,12-13,24H2,1-5H3/t15-/m0/s1. The van der Waals surface area contributed by atoms with E-state index in [0.29, 0.717) is 61.6 Å². The molecule has 2 aromatic rings. The number of nitrogens with zero attached hydrogens (tertiary/aromatic N) is 4. The smallest absolute Gasteiger partial charge is 0.261 e. The lowest BCUT2D eigenvalue weighted by atomic mass is 10.0. The highest BCUT2D eigenvalue weighted by Gasteiger charge is 2.37. The van der Waals surface area contributed by atoms with Gasteiger partial charge in [-0.3, -0.25) is 4.79 Å². The number of nitrogens with two attached hydrogens (primary N) is 1. The molecule has 1 amide bonds. The zero-order chi connectivity index (χ0) is 22.3. The van der Waals surface area contributed by atoms with Crippen molar-refractivity contribution in [2.24, 2.45) is 0 Å². The Balaban J connectivity index is 1.96. The maximum absolute atomic E-state index is 13.6. The number of morpholine rings is 1. The Bertz CT molecular complexity index is 1010. The van der Waals surface area contributed by atoms with Crippen molar-refractivity contribution in [1.29, 1.82) is 0 Å². The molecule has 1 aromatic heterocycles. The lowest BCUT2D eigenvalue weighted by Crippen LogP contribution is -2.44. The lowest BCUT2D eigenvalue weighted by molar-refractivity contribution is 0.0541. The van der Waals surface area contributed by atoms with E-state index in [1.165, 1.54) is 0 Å². The first-order chi connectivity index (χ1) is 14.7. The highest BCUT2D eigenvalue weighted by molar-refractivity contribution is 6.02. The number of benzene rings is 1. The summed E-state index contributed by atoms with van der Waals surface area (Å²) >= 11 is 0. The molecule has 2 aliphatic rings. The fraction of sp³-hybridized carbons (Fsp3) is 0.522. The van der Waals surface area contributed by atoms with Crippen LogP contribution in [0.4, 0.5) is 11.6 Å². The Morgan fingerprint density at radius 3 is 2.74 bits per heavy atom. The molecule has 2 aliphatic heterocycles. The van der Waals surface area contributed by atoms with Crippen LogP contribution >= 0.6 is 0 Å². The number of ether oxygens (including phenoxy) is 2. The van der Waals surface area contributed by atoms with Gasteiger partial charge < -0.3 is 25.0 Å². The molecule has 1 aromatic carbocycles. The number of aryl methyl sites for hydroxylation is 1. The number of amides is 1. The molecule has 0 bridgehead atoms. The van der Waals surface area contributed by atoms with Crippen LogP contribution in [0.2, 0.25) is 0 Å². The number of nitrogen functional groups attached to an aromatic ring is 1. The number of carbonyl (C=O) groups is 1. The quantitative estimate of drug-likeness (QED) is 0.756. The molecule has 1 saturated heterocycles. The molecule has 2 N–H and O–H groups in total. The zero-order valence-corrected chi connectivity index (χ0v) is 18.9. The van der Waals surface area contributed by atoms with E-state index in [0.717, 1.165) is 11.1 Å². The fourth-order valence-electron chi connectivity index (χ4n) is 4.12. The van der Waals surface area contributed by atoms with Crippen LogP contribution < -0.4 is 15.4 Å². The Hall–Kier alpha value is -2.87. The van der Waals surface area contributed by atoms with Crippen molar-refractivity contribution in [1.82, 2.24) is 14.9 Å². The number of carbonyl (C=O) groups excluding carboxylic acids is 1. The fourth-order valence-corrected chi connectivity index (χ4v) is 4.12. The van der Waals surface area contributed by atoms with Crippen molar-refractivity contribution in [2.45, 2.75) is 46.3 Å². The van der Waals surface area contributed by atoms with Gasteiger partial charge in [0.15, 0.2) is 0 Å². The maximum Gasteiger partial charge on any atom is 0.261 e. The summed E-state index contributed by atoms with van der Waals surface area (Å²) < 4.78 is 11.9. The van der Waals surface area contributed by atoms with E-state index in [1.807, 2.05) is 45.9 Å². The highest BCUT2D eigenvalue weighted by atomic mass is 16.5. The van der Waals surface area contributed by atoms with Gasteiger partial charge in [0.05, 0.1) is 31.5 Å². The van der Waals surface area contributed by atoms with Gasteiger partial charge in [0, 0.05) is 24.3 Å². The van der Waals surface area contributed by atoms with Crippen molar-refractivity contribution in [2.75, 3.05) is 43.5 Å². The number of anilines is 2. The van der Waals surface area contributed by atoms with Crippen molar-refractivity contribution in [3.8, 4) is 17.1 Å². The van der Waals surface area contributed by atoms with Crippen molar-refractivity contribution in [3.05, 3.63) is 29.3 Å². The summed E-state index contributed by atoms with van der Waals surface area (Å²) in [5.74, 6) is 0.765. The summed E-state index contributed by atoms with van der Waals surface area (Å²) in [6.07, 6.45) is 0. The molecule has 0 spiro atoms. The van der Waals surface area contributed by atoms with E-state index in [-0.39, 0.29) is 11.9 Å². The molecule has 3 heterocycles. The molecule has 0 saturated carbocycles. The second-order valence-electron chi connectivity index (χ2n) is 8.92. The van der Waals surface area contributed by atoms with E-state index >= 15 is 0 Å². The van der Waals surface area contributed by atoms with Gasteiger partial charge in [0.25, 0.3) is 5.91 Å². The minimum absolute atomic E-state index is 0.117. The first-order valence-electron chi connectivity index (χ1n) is 10.8. The number of fused-ring (bicyclic) bond motifs is 1. The SMILES string of the molecule is CCN1CC(C)(C)Oc2nc(N3CCOC[C@@H]3C)nc(-c3ccc(N)c(C)c3)c2C1=O. The Kier molecular flexibility index (Phi) is 5.51. The second kappa shape index (κ2) is 8.00. The normalized spacial score (nSPS) is 20.8. The second-order valence-corrected chi connectivity index (χ2v) is 8.92. The van der Waals surface area contributed by atoms with Crippen molar-refractivity contribution < 1.29 is 14.3 Å². The monoisotopic (exact) mass is 425 g/mol. The minimum atomic E-state index is -0.576. The van der Waals surface area contributed by atoms with Crippen LogP contribution in [0.3, 0.4) is 0 Å². The van der Waals surface area contributed by atoms with E-state index in [4.69, 9.17) is 25.2 Å². The topological polar surface area (TPSA) is 93.8 Å². The van der Waals surface area contributed by atoms with Gasteiger partial charge in [-0.2, -0.15) is 4.98 Å². The van der Waals surface area contributed by atoms with Gasteiger partial charge in [-0.15, -0.1) is 0 Å². The summed E-state index contributed by atoms with van der Waals surface area (Å²) in [5.41, 5.74) is 8.90. The van der Waals surface area contributed by atoms with Crippen LogP contribution in [-0.4, -0.2) is 65.3 Å². The predicted molar refractivity (Wildman–Crippen MR) is 121 cm³/mol. The Morgan fingerprint density at radius 2 is 2.06 bits per heavy atom. The molecular formula is C23H31N5O3. The molecule has 8 heteroatoms. The summed E-state index contributed by atoms with van der Waals surface area (Å²) in [5, 5.41) is 0. The molecule has 1 atom stereocenters. The average molecular weight is 426 g/mol. The summed E-state index contributed by atoms with van der Waals surface area (Å²) in [6, 6.07) is 5.83. The third kappa shape index (κ3) is 4.04. The molecule has 31 heavy (non-hydrogen) atoms. The van der Waals surface area contributed by atoms with Gasteiger partial charge in [-0.1, -0.05) is 6.07 Å². The number of rotatable bonds is 3. The molecule has 4 rings (SSSR count). The van der Waals surface area contributed by atoms with E-state index < -0.39 is 5.60 Å². The van der Waals surface area contributed by atoms with Crippen LogP contribution in [-0.2, 0) is 4.74 Å². The van der Waals surface area contributed by atoms with Crippen molar-refractivity contribution >= 4 is 17.5 Å². The molecule has 0 aliphatic carbocycles. The van der Waals surface area contributed by atoms with Gasteiger partial charge in [-0.25, -0.2) is 4.98 Å².